The molecule has 2 bridgehead atoms. The van der Waals surface area contributed by atoms with Gasteiger partial charge in [-0.2, -0.15) is 10.1 Å². The average Bonchev–Trinajstić information content (AvgIpc) is 2.92. The third-order valence-corrected chi connectivity index (χ3v) is 6.06. The molecule has 6 rings (SSSR count). The monoisotopic (exact) mass is 310 g/mol. The van der Waals surface area contributed by atoms with Gasteiger partial charge in [-0.3, -0.25) is 4.84 Å². The van der Waals surface area contributed by atoms with Crippen LogP contribution in [-0.2, 0) is 4.84 Å². The quantitative estimate of drug-likeness (QED) is 0.875. The molecule has 3 aliphatic carbocycles. The molecule has 120 valence electrons. The first-order valence-corrected chi connectivity index (χ1v) is 8.58. The Balaban J connectivity index is 1.49. The second kappa shape index (κ2) is 4.90. The molecule has 1 atom stereocenters. The summed E-state index contributed by atoms with van der Waals surface area (Å²) in [6, 6.07) is 10.4. The van der Waals surface area contributed by atoms with E-state index in [-0.39, 0.29) is 5.72 Å². The Morgan fingerprint density at radius 2 is 1.96 bits per heavy atom. The Morgan fingerprint density at radius 3 is 2.70 bits per heavy atom. The van der Waals surface area contributed by atoms with Gasteiger partial charge in [0.25, 0.3) is 0 Å². The molecule has 3 saturated carbocycles. The lowest BCUT2D eigenvalue weighted by Gasteiger charge is -2.50. The van der Waals surface area contributed by atoms with Crippen LogP contribution in [0.1, 0.15) is 32.1 Å². The molecule has 1 aromatic carbocycles. The van der Waals surface area contributed by atoms with E-state index in [1.54, 1.807) is 0 Å². The minimum atomic E-state index is -0.200. The number of nitrogens with one attached hydrogen (secondary N) is 1. The van der Waals surface area contributed by atoms with Crippen molar-refractivity contribution in [2.24, 2.45) is 11.8 Å². The van der Waals surface area contributed by atoms with Crippen molar-refractivity contribution in [3.8, 4) is 0 Å². The number of anilines is 1. The Kier molecular flexibility index (Phi) is 2.92. The first kappa shape index (κ1) is 13.7. The van der Waals surface area contributed by atoms with Crippen molar-refractivity contribution in [3.05, 3.63) is 36.5 Å². The van der Waals surface area contributed by atoms with Crippen LogP contribution in [0.4, 0.5) is 5.82 Å². The van der Waals surface area contributed by atoms with Crippen LogP contribution in [0.15, 0.2) is 36.5 Å². The highest BCUT2D eigenvalue weighted by Crippen LogP contribution is 2.52. The standard InChI is InChI=1S/C18H22N4O/c1-21-18(11-13-6-8-16(18)9-7-13)23-20-22(21)17-10-14-4-2-3-5-15(14)12-19-17/h2-5,10,12-13,16,20H,6-9,11H2,1H3/t13?,16?,18-/m1/s1. The van der Waals surface area contributed by atoms with E-state index in [1.807, 2.05) is 17.4 Å². The second-order valence-electron chi connectivity index (χ2n) is 7.18. The fraction of sp³-hybridized carbons (Fsp3) is 0.500. The van der Waals surface area contributed by atoms with E-state index in [9.17, 15) is 0 Å². The number of benzene rings is 1. The van der Waals surface area contributed by atoms with E-state index < -0.39 is 0 Å². The minimum absolute atomic E-state index is 0.200. The molecule has 1 saturated heterocycles. The zero-order valence-electron chi connectivity index (χ0n) is 13.4. The van der Waals surface area contributed by atoms with E-state index in [4.69, 9.17) is 4.84 Å². The third-order valence-electron chi connectivity index (χ3n) is 6.06. The lowest BCUT2D eigenvalue weighted by Crippen LogP contribution is -2.58. The van der Waals surface area contributed by atoms with Gasteiger partial charge in [-0.15, -0.1) is 0 Å². The molecular formula is C18H22N4O. The molecule has 1 N–H and O–H groups in total. The Hall–Kier alpha value is -1.69. The number of pyridine rings is 1. The summed E-state index contributed by atoms with van der Waals surface area (Å²) in [5.41, 5.74) is 2.93. The summed E-state index contributed by atoms with van der Waals surface area (Å²) in [7, 11) is 2.12. The van der Waals surface area contributed by atoms with Gasteiger partial charge in [-0.1, -0.05) is 29.9 Å². The fourth-order valence-corrected chi connectivity index (χ4v) is 4.73. The van der Waals surface area contributed by atoms with Crippen LogP contribution < -0.4 is 10.7 Å². The predicted molar refractivity (Wildman–Crippen MR) is 89.0 cm³/mol. The van der Waals surface area contributed by atoms with E-state index in [0.29, 0.717) is 5.92 Å². The van der Waals surface area contributed by atoms with Gasteiger partial charge >= 0.3 is 0 Å². The van der Waals surface area contributed by atoms with Crippen LogP contribution >= 0.6 is 0 Å². The van der Waals surface area contributed by atoms with Gasteiger partial charge < -0.3 is 0 Å². The molecule has 0 unspecified atom stereocenters. The average molecular weight is 310 g/mol. The molecular weight excluding hydrogens is 288 g/mol. The van der Waals surface area contributed by atoms with Crippen molar-refractivity contribution >= 4 is 16.6 Å². The summed E-state index contributed by atoms with van der Waals surface area (Å²) in [6.45, 7) is 0. The zero-order chi connectivity index (χ0) is 15.4. The molecule has 4 aliphatic rings. The maximum atomic E-state index is 6.17. The lowest BCUT2D eigenvalue weighted by molar-refractivity contribution is -0.193. The van der Waals surface area contributed by atoms with Crippen LogP contribution in [0.5, 0.6) is 0 Å². The highest BCUT2D eigenvalue weighted by Gasteiger charge is 2.56. The fourth-order valence-electron chi connectivity index (χ4n) is 4.73. The van der Waals surface area contributed by atoms with Crippen LogP contribution in [-0.4, -0.2) is 22.8 Å². The normalized spacial score (nSPS) is 33.9. The molecule has 5 heteroatoms. The topological polar surface area (TPSA) is 40.6 Å². The first-order valence-electron chi connectivity index (χ1n) is 8.58. The molecule has 1 aromatic heterocycles. The molecule has 0 amide bonds. The molecule has 4 fully saturated rings. The molecule has 2 heterocycles. The van der Waals surface area contributed by atoms with Crippen LogP contribution in [0, 0.1) is 11.8 Å². The smallest absolute Gasteiger partial charge is 0.165 e. The third kappa shape index (κ3) is 1.94. The summed E-state index contributed by atoms with van der Waals surface area (Å²) in [4.78, 5) is 10.8. The number of hydrogen-bond acceptors (Lipinski definition) is 5. The Labute approximate surface area is 136 Å². The van der Waals surface area contributed by atoms with E-state index >= 15 is 0 Å². The summed E-state index contributed by atoms with van der Waals surface area (Å²) in [5.74, 6) is 2.29. The van der Waals surface area contributed by atoms with E-state index in [2.05, 4.69) is 46.9 Å². The van der Waals surface area contributed by atoms with Gasteiger partial charge in [0.1, 0.15) is 0 Å². The van der Waals surface area contributed by atoms with Gasteiger partial charge in [0.15, 0.2) is 11.5 Å². The lowest BCUT2D eigenvalue weighted by atomic mass is 9.65. The molecule has 5 nitrogen and oxygen atoms in total. The number of aromatic nitrogens is 1. The van der Waals surface area contributed by atoms with Crippen molar-refractivity contribution in [2.75, 3.05) is 12.2 Å². The first-order chi connectivity index (χ1) is 11.3. The summed E-state index contributed by atoms with van der Waals surface area (Å²) >= 11 is 0. The Morgan fingerprint density at radius 1 is 1.17 bits per heavy atom. The van der Waals surface area contributed by atoms with Gasteiger partial charge in [-0.05, 0) is 49.5 Å². The maximum Gasteiger partial charge on any atom is 0.165 e. The van der Waals surface area contributed by atoms with E-state index in [1.165, 1.54) is 31.1 Å². The highest BCUT2D eigenvalue weighted by molar-refractivity contribution is 5.83. The predicted octanol–water partition coefficient (Wildman–Crippen LogP) is 3.24. The molecule has 23 heavy (non-hydrogen) atoms. The van der Waals surface area contributed by atoms with Gasteiger partial charge in [0, 0.05) is 24.5 Å². The van der Waals surface area contributed by atoms with Gasteiger partial charge in [-0.25, -0.2) is 4.98 Å². The van der Waals surface area contributed by atoms with E-state index in [0.717, 1.165) is 23.5 Å². The largest absolute Gasteiger partial charge is 0.256 e. The number of hydrogen-bond donors (Lipinski definition) is 1. The van der Waals surface area contributed by atoms with Crippen molar-refractivity contribution < 1.29 is 4.84 Å². The van der Waals surface area contributed by atoms with Gasteiger partial charge in [0.2, 0.25) is 0 Å². The number of rotatable bonds is 1. The summed E-state index contributed by atoms with van der Waals surface area (Å²) in [5, 5.41) is 6.55. The highest BCUT2D eigenvalue weighted by atomic mass is 16.8. The Bertz CT molecular complexity index is 743. The molecule has 1 aliphatic heterocycles. The maximum absolute atomic E-state index is 6.17. The van der Waals surface area contributed by atoms with Crippen molar-refractivity contribution in [1.29, 1.82) is 0 Å². The van der Waals surface area contributed by atoms with Crippen LogP contribution in [0.2, 0.25) is 0 Å². The number of fused-ring (bicyclic) bond motifs is 3. The van der Waals surface area contributed by atoms with Crippen molar-refractivity contribution in [1.82, 2.24) is 15.6 Å². The summed E-state index contributed by atoms with van der Waals surface area (Å²) in [6.07, 6.45) is 8.31. The van der Waals surface area contributed by atoms with Crippen LogP contribution in [0.25, 0.3) is 10.8 Å². The second-order valence-corrected chi connectivity index (χ2v) is 7.18. The molecule has 0 radical (unpaired) electrons. The van der Waals surface area contributed by atoms with Crippen molar-refractivity contribution in [3.63, 3.8) is 0 Å². The molecule has 2 aromatic rings. The zero-order valence-corrected chi connectivity index (χ0v) is 13.4. The number of nitrogens with zero attached hydrogens (tertiary/aromatic N) is 3. The summed E-state index contributed by atoms with van der Waals surface area (Å²) < 4.78 is 0. The van der Waals surface area contributed by atoms with Crippen LogP contribution in [0.3, 0.4) is 0 Å². The van der Waals surface area contributed by atoms with Crippen molar-refractivity contribution in [2.45, 2.75) is 37.8 Å². The number of hydrazine groups is 2. The minimum Gasteiger partial charge on any atom is -0.256 e. The van der Waals surface area contributed by atoms with Gasteiger partial charge in [0.05, 0.1) is 0 Å². The SMILES string of the molecule is CN1N(c2cc3ccccc3cn2)NO[C@@]12CC1CCC2CC1. The molecule has 1 spiro atoms.